The van der Waals surface area contributed by atoms with Crippen LogP contribution in [-0.4, -0.2) is 29.6 Å². The van der Waals surface area contributed by atoms with Crippen LogP contribution in [0.15, 0.2) is 48.6 Å². The third-order valence-electron chi connectivity index (χ3n) is 4.09. The second-order valence-electron chi connectivity index (χ2n) is 5.43. The van der Waals surface area contributed by atoms with Crippen molar-refractivity contribution in [3.8, 4) is 0 Å². The van der Waals surface area contributed by atoms with Gasteiger partial charge in [0.05, 0.1) is 11.7 Å². The zero-order chi connectivity index (χ0) is 15.7. The van der Waals surface area contributed by atoms with Crippen molar-refractivity contribution < 1.29 is 17.8 Å². The molecule has 3 unspecified atom stereocenters. The number of carbonyl (C=O) groups excluding carboxylic acids is 1. The van der Waals surface area contributed by atoms with Gasteiger partial charge >= 0.3 is 0 Å². The minimum atomic E-state index is -4.03. The Morgan fingerprint density at radius 3 is 2.55 bits per heavy atom. The lowest BCUT2D eigenvalue weighted by Crippen LogP contribution is -2.18. The summed E-state index contributed by atoms with van der Waals surface area (Å²) in [4.78, 5) is 12.6. The van der Waals surface area contributed by atoms with Crippen LogP contribution in [0.25, 0.3) is 0 Å². The van der Waals surface area contributed by atoms with Crippen molar-refractivity contribution in [3.05, 3.63) is 59.7 Å². The van der Waals surface area contributed by atoms with E-state index in [2.05, 4.69) is 12.2 Å². The Bertz CT molecular complexity index is 749. The van der Waals surface area contributed by atoms with E-state index >= 15 is 0 Å². The van der Waals surface area contributed by atoms with Gasteiger partial charge in [-0.1, -0.05) is 60.3 Å². The van der Waals surface area contributed by atoms with Crippen molar-refractivity contribution >= 4 is 27.0 Å². The molecule has 0 saturated heterocycles. The maximum atomic E-state index is 12.6. The second-order valence-corrected chi connectivity index (χ2v) is 8.10. The summed E-state index contributed by atoms with van der Waals surface area (Å²) in [6.45, 7) is 0. The van der Waals surface area contributed by atoms with Gasteiger partial charge in [-0.05, 0) is 11.1 Å². The number of fused-ring (bicyclic) bond motifs is 3. The molecule has 3 atom stereocenters. The molecule has 116 valence electrons. The fourth-order valence-corrected chi connectivity index (χ4v) is 5.02. The van der Waals surface area contributed by atoms with E-state index in [0.717, 1.165) is 17.3 Å². The summed E-state index contributed by atoms with van der Waals surface area (Å²) in [5.74, 6) is -0.284. The van der Waals surface area contributed by atoms with E-state index in [0.29, 0.717) is 0 Å². The number of rotatable bonds is 4. The average Bonchev–Trinajstić information content (AvgIpc) is 2.80. The number of carbonyl (C=O) groups is 1. The summed E-state index contributed by atoms with van der Waals surface area (Å²) >= 11 is 0.984. The molecule has 6 heteroatoms. The molecule has 0 aliphatic heterocycles. The summed E-state index contributed by atoms with van der Waals surface area (Å²) in [6, 6.07) is 7.92. The highest BCUT2D eigenvalue weighted by Crippen LogP contribution is 2.50. The Balaban J connectivity index is 1.82. The number of benzene rings is 1. The first-order valence-electron chi connectivity index (χ1n) is 7.03. The summed E-state index contributed by atoms with van der Waals surface area (Å²) < 4.78 is 30.3. The first-order chi connectivity index (χ1) is 10.5. The smallest absolute Gasteiger partial charge is 0.265 e. The predicted octanol–water partition coefficient (Wildman–Crippen LogP) is 2.76. The third-order valence-corrected chi connectivity index (χ3v) is 6.02. The summed E-state index contributed by atoms with van der Waals surface area (Å²) in [7, 11) is -4.03. The second kappa shape index (κ2) is 6.02. The molecule has 0 radical (unpaired) electrons. The summed E-state index contributed by atoms with van der Waals surface area (Å²) in [5, 5.41) is -0.0384. The Labute approximate surface area is 134 Å². The molecule has 1 aromatic rings. The third kappa shape index (κ3) is 3.04. The van der Waals surface area contributed by atoms with Crippen molar-refractivity contribution in [3.63, 3.8) is 0 Å². The summed E-state index contributed by atoms with van der Waals surface area (Å²) in [6.07, 6.45) is 8.11. The fourth-order valence-electron chi connectivity index (χ4n) is 3.18. The quantitative estimate of drug-likeness (QED) is 0.856. The van der Waals surface area contributed by atoms with Crippen molar-refractivity contribution in [2.75, 3.05) is 11.5 Å². The molecule has 0 fully saturated rings. The Morgan fingerprint density at radius 2 is 1.82 bits per heavy atom. The lowest BCUT2D eigenvalue weighted by molar-refractivity contribution is -0.112. The highest BCUT2D eigenvalue weighted by atomic mass is 32.2. The first-order valence-corrected chi connectivity index (χ1v) is 9.62. The minimum absolute atomic E-state index is 0.0384. The number of hydrogen-bond donors (Lipinski definition) is 1. The normalized spacial score (nSPS) is 25.8. The van der Waals surface area contributed by atoms with E-state index in [4.69, 9.17) is 4.55 Å². The van der Waals surface area contributed by atoms with Gasteiger partial charge < -0.3 is 0 Å². The van der Waals surface area contributed by atoms with Crippen molar-refractivity contribution in [1.29, 1.82) is 0 Å². The molecule has 1 aromatic carbocycles. The van der Waals surface area contributed by atoms with Crippen LogP contribution in [0.2, 0.25) is 0 Å². The summed E-state index contributed by atoms with van der Waals surface area (Å²) in [5.41, 5.74) is 2.19. The van der Waals surface area contributed by atoms with Gasteiger partial charge in [-0.3, -0.25) is 9.35 Å². The van der Waals surface area contributed by atoms with Gasteiger partial charge in [-0.15, -0.1) is 0 Å². The van der Waals surface area contributed by atoms with Crippen LogP contribution in [0, 0.1) is 5.92 Å². The van der Waals surface area contributed by atoms with Gasteiger partial charge in [0, 0.05) is 17.6 Å². The lowest BCUT2D eigenvalue weighted by atomic mass is 9.84. The molecule has 0 heterocycles. The topological polar surface area (TPSA) is 71.4 Å². The standard InChI is InChI=1S/C16H16O4S2/c17-16(21-9-10-22(18,19)20)15-13-7-3-1-5-11(13)12-6-2-4-8-14(12)15/h1-8,11,13,15H,9-10H2,(H,18,19,20). The molecule has 0 aromatic heterocycles. The van der Waals surface area contributed by atoms with Gasteiger partial charge in [-0.25, -0.2) is 0 Å². The molecule has 1 N–H and O–H groups in total. The molecule has 0 spiro atoms. The molecule has 2 aliphatic carbocycles. The van der Waals surface area contributed by atoms with E-state index in [9.17, 15) is 13.2 Å². The van der Waals surface area contributed by atoms with Gasteiger partial charge in [0.2, 0.25) is 0 Å². The molecule has 3 rings (SSSR count). The van der Waals surface area contributed by atoms with E-state index in [-0.39, 0.29) is 28.6 Å². The molecular weight excluding hydrogens is 320 g/mol. The molecule has 2 aliphatic rings. The fraction of sp³-hybridized carbons (Fsp3) is 0.312. The maximum absolute atomic E-state index is 12.6. The van der Waals surface area contributed by atoms with Crippen LogP contribution in [0.4, 0.5) is 0 Å². The van der Waals surface area contributed by atoms with E-state index in [1.807, 2.05) is 36.4 Å². The molecule has 0 bridgehead atoms. The van der Waals surface area contributed by atoms with Crippen molar-refractivity contribution in [2.24, 2.45) is 5.92 Å². The maximum Gasteiger partial charge on any atom is 0.265 e. The van der Waals surface area contributed by atoms with Crippen LogP contribution in [-0.2, 0) is 14.9 Å². The Morgan fingerprint density at radius 1 is 1.14 bits per heavy atom. The van der Waals surface area contributed by atoms with E-state index in [1.165, 1.54) is 5.56 Å². The van der Waals surface area contributed by atoms with E-state index in [1.54, 1.807) is 0 Å². The van der Waals surface area contributed by atoms with Crippen LogP contribution in [0.5, 0.6) is 0 Å². The van der Waals surface area contributed by atoms with Crippen molar-refractivity contribution in [2.45, 2.75) is 11.8 Å². The van der Waals surface area contributed by atoms with E-state index < -0.39 is 15.9 Å². The van der Waals surface area contributed by atoms with Crippen LogP contribution in [0.3, 0.4) is 0 Å². The number of hydrogen-bond acceptors (Lipinski definition) is 4. The Kier molecular flexibility index (Phi) is 4.25. The van der Waals surface area contributed by atoms with Crippen molar-refractivity contribution in [1.82, 2.24) is 0 Å². The SMILES string of the molecule is O=C(SCCS(=O)(=O)O)C1c2ccccc2C2C=CC=CC21. The van der Waals surface area contributed by atoms with Gasteiger partial charge in [0.15, 0.2) is 5.12 Å². The molecule has 4 nitrogen and oxygen atoms in total. The average molecular weight is 336 g/mol. The Hall–Kier alpha value is -1.37. The van der Waals surface area contributed by atoms with Gasteiger partial charge in [0.1, 0.15) is 0 Å². The van der Waals surface area contributed by atoms with Crippen LogP contribution >= 0.6 is 11.8 Å². The van der Waals surface area contributed by atoms with Gasteiger partial charge in [-0.2, -0.15) is 8.42 Å². The zero-order valence-corrected chi connectivity index (χ0v) is 13.4. The monoisotopic (exact) mass is 336 g/mol. The lowest BCUT2D eigenvalue weighted by Gasteiger charge is -2.21. The number of allylic oxidation sites excluding steroid dienone is 4. The molecular formula is C16H16O4S2. The van der Waals surface area contributed by atoms with Crippen LogP contribution < -0.4 is 0 Å². The zero-order valence-electron chi connectivity index (χ0n) is 11.8. The highest BCUT2D eigenvalue weighted by Gasteiger charge is 2.42. The number of thioether (sulfide) groups is 1. The first kappa shape index (κ1) is 15.5. The minimum Gasteiger partial charge on any atom is -0.287 e. The highest BCUT2D eigenvalue weighted by molar-refractivity contribution is 8.14. The van der Waals surface area contributed by atoms with Gasteiger partial charge in [0.25, 0.3) is 10.1 Å². The van der Waals surface area contributed by atoms with Crippen LogP contribution in [0.1, 0.15) is 23.0 Å². The molecule has 0 amide bonds. The molecule has 22 heavy (non-hydrogen) atoms. The molecule has 0 saturated carbocycles. The predicted molar refractivity (Wildman–Crippen MR) is 87.6 cm³/mol. The largest absolute Gasteiger partial charge is 0.287 e.